The Hall–Kier alpha value is -1.40. The molecule has 2 rings (SSSR count). The molecule has 2 aromatic heterocycles. The summed E-state index contributed by atoms with van der Waals surface area (Å²) in [6, 6.07) is 2.66. The molecule has 0 aliphatic carbocycles. The second-order valence-corrected chi connectivity index (χ2v) is 4.92. The van der Waals surface area contributed by atoms with Gasteiger partial charge < -0.3 is 14.6 Å². The topological polar surface area (TPSA) is 54.2 Å². The lowest BCUT2D eigenvalue weighted by Crippen LogP contribution is -2.16. The Kier molecular flexibility index (Phi) is 4.72. The predicted octanol–water partition coefficient (Wildman–Crippen LogP) is 2.27. The number of nitrogens with zero attached hydrogens (tertiary/aromatic N) is 3. The Balaban J connectivity index is 1.88. The minimum Gasteiger partial charge on any atom is -0.407 e. The van der Waals surface area contributed by atoms with E-state index in [1.54, 1.807) is 11.3 Å². The average Bonchev–Trinajstić information content (AvgIpc) is 3.00. The molecule has 0 atom stereocenters. The van der Waals surface area contributed by atoms with E-state index < -0.39 is 0 Å². The highest BCUT2D eigenvalue weighted by atomic mass is 32.1. The Morgan fingerprint density at radius 1 is 1.44 bits per heavy atom. The van der Waals surface area contributed by atoms with Gasteiger partial charge in [-0.3, -0.25) is 0 Å². The minimum atomic E-state index is 0.564. The Morgan fingerprint density at radius 2 is 2.33 bits per heavy atom. The van der Waals surface area contributed by atoms with E-state index in [0.717, 1.165) is 19.5 Å². The zero-order valence-electron chi connectivity index (χ0n) is 10.7. The van der Waals surface area contributed by atoms with Gasteiger partial charge in [0.2, 0.25) is 5.89 Å². The van der Waals surface area contributed by atoms with Gasteiger partial charge in [0, 0.05) is 13.6 Å². The highest BCUT2D eigenvalue weighted by Crippen LogP contribution is 2.15. The van der Waals surface area contributed by atoms with Crippen molar-refractivity contribution in [3.05, 3.63) is 28.3 Å². The zero-order valence-corrected chi connectivity index (χ0v) is 11.5. The van der Waals surface area contributed by atoms with Crippen molar-refractivity contribution in [2.75, 3.05) is 18.5 Å². The summed E-state index contributed by atoms with van der Waals surface area (Å²) in [6.45, 7) is 4.50. The van der Waals surface area contributed by atoms with Crippen LogP contribution in [0.5, 0.6) is 0 Å². The quantitative estimate of drug-likeness (QED) is 0.779. The molecule has 0 bridgehead atoms. The number of aromatic nitrogens is 2. The molecule has 5 nitrogen and oxygen atoms in total. The van der Waals surface area contributed by atoms with Crippen LogP contribution in [0.15, 0.2) is 21.2 Å². The van der Waals surface area contributed by atoms with Gasteiger partial charge in [-0.1, -0.05) is 12.0 Å². The lowest BCUT2D eigenvalue weighted by Gasteiger charge is -2.12. The van der Waals surface area contributed by atoms with Crippen molar-refractivity contribution in [2.45, 2.75) is 26.4 Å². The van der Waals surface area contributed by atoms with Gasteiger partial charge in [0.25, 0.3) is 0 Å². The summed E-state index contributed by atoms with van der Waals surface area (Å²) in [5, 5.41) is 15.5. The first-order valence-electron chi connectivity index (χ1n) is 6.05. The molecular weight excluding hydrogens is 248 g/mol. The number of nitrogens with one attached hydrogen (secondary N) is 1. The van der Waals surface area contributed by atoms with Crippen LogP contribution < -0.4 is 10.2 Å². The first-order chi connectivity index (χ1) is 8.79. The first kappa shape index (κ1) is 13.0. The molecule has 2 aromatic rings. The van der Waals surface area contributed by atoms with Gasteiger partial charge in [-0.2, -0.15) is 11.3 Å². The van der Waals surface area contributed by atoms with Crippen molar-refractivity contribution < 1.29 is 4.42 Å². The molecule has 18 heavy (non-hydrogen) atoms. The van der Waals surface area contributed by atoms with Crippen LogP contribution in [0.25, 0.3) is 0 Å². The van der Waals surface area contributed by atoms with Gasteiger partial charge in [0.05, 0.1) is 6.54 Å². The number of thiophene rings is 1. The molecule has 0 amide bonds. The van der Waals surface area contributed by atoms with Crippen molar-refractivity contribution in [3.8, 4) is 0 Å². The van der Waals surface area contributed by atoms with E-state index in [-0.39, 0.29) is 0 Å². The SMILES string of the molecule is CCCNCc1nnc(N(C)Cc2ccsc2)o1. The summed E-state index contributed by atoms with van der Waals surface area (Å²) in [6.07, 6.45) is 1.10. The summed E-state index contributed by atoms with van der Waals surface area (Å²) < 4.78 is 5.59. The molecular formula is C12H18N4OS. The van der Waals surface area contributed by atoms with E-state index in [2.05, 4.69) is 39.3 Å². The van der Waals surface area contributed by atoms with Crippen LogP contribution in [-0.4, -0.2) is 23.8 Å². The van der Waals surface area contributed by atoms with Crippen LogP contribution >= 0.6 is 11.3 Å². The molecule has 0 saturated carbocycles. The van der Waals surface area contributed by atoms with E-state index in [9.17, 15) is 0 Å². The summed E-state index contributed by atoms with van der Waals surface area (Å²) in [5.74, 6) is 0.635. The number of rotatable bonds is 7. The lowest BCUT2D eigenvalue weighted by molar-refractivity contribution is 0.465. The molecule has 0 spiro atoms. The van der Waals surface area contributed by atoms with E-state index in [0.29, 0.717) is 18.5 Å². The largest absolute Gasteiger partial charge is 0.407 e. The Bertz CT molecular complexity index is 454. The average molecular weight is 266 g/mol. The van der Waals surface area contributed by atoms with Crippen molar-refractivity contribution in [3.63, 3.8) is 0 Å². The molecule has 98 valence electrons. The first-order valence-corrected chi connectivity index (χ1v) is 6.99. The van der Waals surface area contributed by atoms with E-state index in [1.807, 2.05) is 11.9 Å². The molecule has 0 aliphatic rings. The standard InChI is InChI=1S/C12H18N4OS/c1-3-5-13-7-11-14-15-12(17-11)16(2)8-10-4-6-18-9-10/h4,6,9,13H,3,5,7-8H2,1-2H3. The fourth-order valence-electron chi connectivity index (χ4n) is 1.57. The van der Waals surface area contributed by atoms with Crippen molar-refractivity contribution in [1.29, 1.82) is 0 Å². The van der Waals surface area contributed by atoms with E-state index in [4.69, 9.17) is 4.42 Å². The monoisotopic (exact) mass is 266 g/mol. The second kappa shape index (κ2) is 6.51. The van der Waals surface area contributed by atoms with Crippen LogP contribution in [0.3, 0.4) is 0 Å². The highest BCUT2D eigenvalue weighted by Gasteiger charge is 2.10. The molecule has 1 N–H and O–H groups in total. The highest BCUT2D eigenvalue weighted by molar-refractivity contribution is 7.07. The molecule has 2 heterocycles. The smallest absolute Gasteiger partial charge is 0.318 e. The molecule has 6 heteroatoms. The van der Waals surface area contributed by atoms with Gasteiger partial charge in [-0.05, 0) is 35.4 Å². The number of anilines is 1. The van der Waals surface area contributed by atoms with E-state index >= 15 is 0 Å². The van der Waals surface area contributed by atoms with Gasteiger partial charge in [-0.25, -0.2) is 0 Å². The van der Waals surface area contributed by atoms with E-state index in [1.165, 1.54) is 5.56 Å². The lowest BCUT2D eigenvalue weighted by atomic mass is 10.3. The van der Waals surface area contributed by atoms with Crippen LogP contribution in [-0.2, 0) is 13.1 Å². The van der Waals surface area contributed by atoms with Crippen LogP contribution in [0.2, 0.25) is 0 Å². The molecule has 0 unspecified atom stereocenters. The summed E-state index contributed by atoms with van der Waals surface area (Å²) in [5.41, 5.74) is 1.26. The van der Waals surface area contributed by atoms with Gasteiger partial charge in [0.15, 0.2) is 0 Å². The van der Waals surface area contributed by atoms with Gasteiger partial charge in [-0.15, -0.1) is 5.10 Å². The third-order valence-electron chi connectivity index (χ3n) is 2.49. The normalized spacial score (nSPS) is 10.8. The molecule has 0 aliphatic heterocycles. The van der Waals surface area contributed by atoms with Crippen LogP contribution in [0.1, 0.15) is 24.8 Å². The molecule has 0 fully saturated rings. The van der Waals surface area contributed by atoms with Crippen molar-refractivity contribution in [2.24, 2.45) is 0 Å². The van der Waals surface area contributed by atoms with Gasteiger partial charge >= 0.3 is 6.01 Å². The fraction of sp³-hybridized carbons (Fsp3) is 0.500. The number of hydrogen-bond acceptors (Lipinski definition) is 6. The summed E-state index contributed by atoms with van der Waals surface area (Å²) in [7, 11) is 1.95. The molecule has 0 saturated heterocycles. The van der Waals surface area contributed by atoms with Crippen molar-refractivity contribution in [1.82, 2.24) is 15.5 Å². The molecule has 0 radical (unpaired) electrons. The number of hydrogen-bond donors (Lipinski definition) is 1. The Morgan fingerprint density at radius 3 is 3.06 bits per heavy atom. The second-order valence-electron chi connectivity index (χ2n) is 4.14. The maximum Gasteiger partial charge on any atom is 0.318 e. The fourth-order valence-corrected chi connectivity index (χ4v) is 2.23. The van der Waals surface area contributed by atoms with Crippen LogP contribution in [0, 0.1) is 0 Å². The maximum absolute atomic E-state index is 5.59. The summed E-state index contributed by atoms with van der Waals surface area (Å²) >= 11 is 1.69. The third-order valence-corrected chi connectivity index (χ3v) is 3.22. The third kappa shape index (κ3) is 3.54. The van der Waals surface area contributed by atoms with Crippen molar-refractivity contribution >= 4 is 17.4 Å². The summed E-state index contributed by atoms with van der Waals surface area (Å²) in [4.78, 5) is 1.96. The maximum atomic E-state index is 5.59. The minimum absolute atomic E-state index is 0.564. The zero-order chi connectivity index (χ0) is 12.8. The van der Waals surface area contributed by atoms with Gasteiger partial charge in [0.1, 0.15) is 0 Å². The predicted molar refractivity (Wildman–Crippen MR) is 72.7 cm³/mol. The Labute approximate surface area is 111 Å². The molecule has 0 aromatic carbocycles. The van der Waals surface area contributed by atoms with Crippen LogP contribution in [0.4, 0.5) is 6.01 Å².